The van der Waals surface area contributed by atoms with Crippen molar-refractivity contribution in [2.24, 2.45) is 0 Å². The van der Waals surface area contributed by atoms with E-state index >= 15 is 0 Å². The number of ether oxygens (including phenoxy) is 2. The Bertz CT molecular complexity index is 582. The molecule has 0 aliphatic carbocycles. The van der Waals surface area contributed by atoms with Gasteiger partial charge in [0.2, 0.25) is 0 Å². The standard InChI is InChI=1S/C16H21NO5/c1-16(2)9-11-5-4-6-12(15(11)22-16)21-10-13(18)17(3)8-7-14(19)20/h4-6H,7-10H2,1-3H3,(H,19,20). The van der Waals surface area contributed by atoms with E-state index in [4.69, 9.17) is 14.6 Å². The Morgan fingerprint density at radius 2 is 2.14 bits per heavy atom. The number of hydrogen-bond donors (Lipinski definition) is 1. The van der Waals surface area contributed by atoms with E-state index in [2.05, 4.69) is 0 Å². The molecule has 0 radical (unpaired) electrons. The van der Waals surface area contributed by atoms with Crippen molar-refractivity contribution >= 4 is 11.9 Å². The summed E-state index contributed by atoms with van der Waals surface area (Å²) in [7, 11) is 1.56. The summed E-state index contributed by atoms with van der Waals surface area (Å²) in [6.07, 6.45) is 0.715. The number of amides is 1. The second kappa shape index (κ2) is 6.25. The molecule has 0 fully saturated rings. The van der Waals surface area contributed by atoms with Crippen LogP contribution in [0.25, 0.3) is 0 Å². The first-order chi connectivity index (χ1) is 10.3. The largest absolute Gasteiger partial charge is 0.483 e. The number of carboxylic acids is 1. The molecular formula is C16H21NO5. The zero-order chi connectivity index (χ0) is 16.3. The molecule has 0 atom stereocenters. The van der Waals surface area contributed by atoms with E-state index < -0.39 is 5.97 Å². The molecule has 6 heteroatoms. The van der Waals surface area contributed by atoms with Crippen molar-refractivity contribution in [3.05, 3.63) is 23.8 Å². The molecule has 0 saturated heterocycles. The van der Waals surface area contributed by atoms with Gasteiger partial charge in [0, 0.05) is 25.6 Å². The molecule has 1 aromatic rings. The number of likely N-dealkylation sites (N-methyl/N-ethyl adjacent to an activating group) is 1. The molecule has 1 aliphatic rings. The van der Waals surface area contributed by atoms with Gasteiger partial charge in [0.15, 0.2) is 18.1 Å². The van der Waals surface area contributed by atoms with Gasteiger partial charge in [-0.25, -0.2) is 0 Å². The molecule has 120 valence electrons. The number of nitrogens with zero attached hydrogens (tertiary/aromatic N) is 1. The van der Waals surface area contributed by atoms with Crippen LogP contribution in [0, 0.1) is 0 Å². The average molecular weight is 307 g/mol. The lowest BCUT2D eigenvalue weighted by Gasteiger charge is -2.19. The summed E-state index contributed by atoms with van der Waals surface area (Å²) >= 11 is 0. The van der Waals surface area contributed by atoms with Crippen LogP contribution in [-0.2, 0) is 16.0 Å². The Morgan fingerprint density at radius 1 is 1.41 bits per heavy atom. The SMILES string of the molecule is CN(CCC(=O)O)C(=O)COc1cccc2c1OC(C)(C)C2. The van der Waals surface area contributed by atoms with Crippen LogP contribution in [0.4, 0.5) is 0 Å². The van der Waals surface area contributed by atoms with Gasteiger partial charge < -0.3 is 19.5 Å². The van der Waals surface area contributed by atoms with Gasteiger partial charge in [-0.05, 0) is 19.9 Å². The predicted molar refractivity (Wildman–Crippen MR) is 80.2 cm³/mol. The number of aliphatic carboxylic acids is 1. The van der Waals surface area contributed by atoms with Gasteiger partial charge >= 0.3 is 5.97 Å². The minimum Gasteiger partial charge on any atom is -0.483 e. The summed E-state index contributed by atoms with van der Waals surface area (Å²) in [6.45, 7) is 4.02. The fraction of sp³-hybridized carbons (Fsp3) is 0.500. The van der Waals surface area contributed by atoms with Crippen molar-refractivity contribution in [2.75, 3.05) is 20.2 Å². The fourth-order valence-corrected chi connectivity index (χ4v) is 2.34. The van der Waals surface area contributed by atoms with Crippen LogP contribution in [0.3, 0.4) is 0 Å². The Hall–Kier alpha value is -2.24. The number of hydrogen-bond acceptors (Lipinski definition) is 4. The van der Waals surface area contributed by atoms with E-state index in [-0.39, 0.29) is 31.1 Å². The maximum Gasteiger partial charge on any atom is 0.305 e. The highest BCUT2D eigenvalue weighted by molar-refractivity contribution is 5.78. The molecule has 0 saturated carbocycles. The van der Waals surface area contributed by atoms with E-state index in [0.29, 0.717) is 11.5 Å². The molecule has 1 aliphatic heterocycles. The van der Waals surface area contributed by atoms with Crippen molar-refractivity contribution in [1.82, 2.24) is 4.90 Å². The number of carboxylic acid groups (broad SMARTS) is 1. The third-order valence-electron chi connectivity index (χ3n) is 3.49. The minimum absolute atomic E-state index is 0.0831. The molecule has 0 bridgehead atoms. The summed E-state index contributed by atoms with van der Waals surface area (Å²) in [5, 5.41) is 8.62. The number of carbonyl (C=O) groups is 2. The first-order valence-electron chi connectivity index (χ1n) is 7.18. The van der Waals surface area contributed by atoms with E-state index in [1.54, 1.807) is 13.1 Å². The van der Waals surface area contributed by atoms with Gasteiger partial charge in [0.1, 0.15) is 5.60 Å². The van der Waals surface area contributed by atoms with Crippen LogP contribution >= 0.6 is 0 Å². The third kappa shape index (κ3) is 3.90. The van der Waals surface area contributed by atoms with Crippen molar-refractivity contribution < 1.29 is 24.2 Å². The molecule has 0 spiro atoms. The summed E-state index contributed by atoms with van der Waals surface area (Å²) in [6, 6.07) is 5.63. The maximum absolute atomic E-state index is 11.9. The Balaban J connectivity index is 1.95. The topological polar surface area (TPSA) is 76.1 Å². The molecule has 1 heterocycles. The number of benzene rings is 1. The Kier molecular flexibility index (Phi) is 4.59. The van der Waals surface area contributed by atoms with Crippen LogP contribution in [0.2, 0.25) is 0 Å². The van der Waals surface area contributed by atoms with Crippen molar-refractivity contribution in [1.29, 1.82) is 0 Å². The lowest BCUT2D eigenvalue weighted by Crippen LogP contribution is -2.33. The van der Waals surface area contributed by atoms with Crippen LogP contribution in [0.5, 0.6) is 11.5 Å². The van der Waals surface area contributed by atoms with Gasteiger partial charge in [-0.1, -0.05) is 12.1 Å². The second-order valence-electron chi connectivity index (χ2n) is 6.03. The molecule has 0 aromatic heterocycles. The smallest absolute Gasteiger partial charge is 0.305 e. The number of para-hydroxylation sites is 1. The summed E-state index contributed by atoms with van der Waals surface area (Å²) in [4.78, 5) is 23.8. The van der Waals surface area contributed by atoms with Crippen LogP contribution in [0.1, 0.15) is 25.8 Å². The molecule has 6 nitrogen and oxygen atoms in total. The summed E-state index contributed by atoms with van der Waals surface area (Å²) in [5.74, 6) is 0.0322. The Labute approximate surface area is 129 Å². The lowest BCUT2D eigenvalue weighted by atomic mass is 10.0. The second-order valence-corrected chi connectivity index (χ2v) is 6.03. The van der Waals surface area contributed by atoms with Crippen LogP contribution in [-0.4, -0.2) is 47.7 Å². The fourth-order valence-electron chi connectivity index (χ4n) is 2.34. The zero-order valence-corrected chi connectivity index (χ0v) is 13.1. The average Bonchev–Trinajstić information content (AvgIpc) is 2.76. The van der Waals surface area contributed by atoms with E-state index in [1.807, 2.05) is 26.0 Å². The monoisotopic (exact) mass is 307 g/mol. The van der Waals surface area contributed by atoms with Crippen molar-refractivity contribution in [2.45, 2.75) is 32.3 Å². The normalized spacial score (nSPS) is 14.9. The van der Waals surface area contributed by atoms with E-state index in [0.717, 1.165) is 12.0 Å². The maximum atomic E-state index is 11.9. The third-order valence-corrected chi connectivity index (χ3v) is 3.49. The van der Waals surface area contributed by atoms with Crippen LogP contribution in [0.15, 0.2) is 18.2 Å². The zero-order valence-electron chi connectivity index (χ0n) is 13.1. The quantitative estimate of drug-likeness (QED) is 0.866. The molecule has 22 heavy (non-hydrogen) atoms. The van der Waals surface area contributed by atoms with E-state index in [1.165, 1.54) is 4.90 Å². The number of fused-ring (bicyclic) bond motifs is 1. The number of rotatable bonds is 6. The predicted octanol–water partition coefficient (Wildman–Crippen LogP) is 1.71. The first kappa shape index (κ1) is 16.1. The molecule has 2 rings (SSSR count). The summed E-state index contributed by atoms with van der Waals surface area (Å²) < 4.78 is 11.4. The number of carbonyl (C=O) groups excluding carboxylic acids is 1. The minimum atomic E-state index is -0.933. The Morgan fingerprint density at radius 3 is 2.82 bits per heavy atom. The van der Waals surface area contributed by atoms with Gasteiger partial charge in [0.05, 0.1) is 6.42 Å². The molecule has 0 unspecified atom stereocenters. The van der Waals surface area contributed by atoms with Crippen LogP contribution < -0.4 is 9.47 Å². The lowest BCUT2D eigenvalue weighted by molar-refractivity contribution is -0.138. The molecule has 1 amide bonds. The van der Waals surface area contributed by atoms with Gasteiger partial charge in [-0.2, -0.15) is 0 Å². The van der Waals surface area contributed by atoms with Gasteiger partial charge in [-0.15, -0.1) is 0 Å². The molecule has 1 N–H and O–H groups in total. The molecule has 1 aromatic carbocycles. The summed E-state index contributed by atoms with van der Waals surface area (Å²) in [5.41, 5.74) is 0.790. The first-order valence-corrected chi connectivity index (χ1v) is 7.18. The van der Waals surface area contributed by atoms with Crippen molar-refractivity contribution in [3.63, 3.8) is 0 Å². The highest BCUT2D eigenvalue weighted by Gasteiger charge is 2.32. The highest BCUT2D eigenvalue weighted by atomic mass is 16.5. The van der Waals surface area contributed by atoms with Gasteiger partial charge in [0.25, 0.3) is 5.91 Å². The van der Waals surface area contributed by atoms with Crippen molar-refractivity contribution in [3.8, 4) is 11.5 Å². The van der Waals surface area contributed by atoms with E-state index in [9.17, 15) is 9.59 Å². The highest BCUT2D eigenvalue weighted by Crippen LogP contribution is 2.41. The van der Waals surface area contributed by atoms with Gasteiger partial charge in [-0.3, -0.25) is 9.59 Å². The molecular weight excluding hydrogens is 286 g/mol.